The molecule has 0 saturated heterocycles. The Kier molecular flexibility index (Phi) is 5.72. The van der Waals surface area contributed by atoms with E-state index in [-0.39, 0.29) is 0 Å². The van der Waals surface area contributed by atoms with Crippen LogP contribution in [0.15, 0.2) is 18.2 Å². The van der Waals surface area contributed by atoms with Gasteiger partial charge in [0.1, 0.15) is 0 Å². The van der Waals surface area contributed by atoms with Gasteiger partial charge in [0.25, 0.3) is 0 Å². The Morgan fingerprint density at radius 3 is 2.84 bits per heavy atom. The van der Waals surface area contributed by atoms with Crippen molar-refractivity contribution in [1.82, 2.24) is 5.32 Å². The normalized spacial score (nSPS) is 19.4. The quantitative estimate of drug-likeness (QED) is 0.716. The minimum absolute atomic E-state index is 0.542. The summed E-state index contributed by atoms with van der Waals surface area (Å²) in [6, 6.07) is 7.60. The number of hydrogen-bond acceptors (Lipinski definition) is 1. The second kappa shape index (κ2) is 7.31. The van der Waals surface area contributed by atoms with Gasteiger partial charge in [-0.3, -0.25) is 0 Å². The summed E-state index contributed by atoms with van der Waals surface area (Å²) in [5, 5.41) is 4.76. The molecule has 1 aromatic rings. The van der Waals surface area contributed by atoms with Crippen LogP contribution in [-0.4, -0.2) is 6.04 Å². The van der Waals surface area contributed by atoms with Crippen LogP contribution in [0.25, 0.3) is 0 Å². The van der Waals surface area contributed by atoms with Gasteiger partial charge in [-0.25, -0.2) is 0 Å². The highest BCUT2D eigenvalue weighted by Crippen LogP contribution is 2.33. The maximum absolute atomic E-state index is 6.07. The van der Waals surface area contributed by atoms with Gasteiger partial charge in [-0.1, -0.05) is 50.8 Å². The van der Waals surface area contributed by atoms with E-state index < -0.39 is 0 Å². The molecule has 106 valence electrons. The highest BCUT2D eigenvalue weighted by Gasteiger charge is 2.24. The first-order chi connectivity index (χ1) is 9.24. The lowest BCUT2D eigenvalue weighted by atomic mass is 10.0. The van der Waals surface area contributed by atoms with Crippen molar-refractivity contribution in [2.45, 2.75) is 70.9 Å². The van der Waals surface area contributed by atoms with Gasteiger partial charge in [0.05, 0.1) is 0 Å². The predicted octanol–water partition coefficient (Wildman–Crippen LogP) is 5.28. The Labute approximate surface area is 122 Å². The number of rotatable bonds is 7. The lowest BCUT2D eigenvalue weighted by Gasteiger charge is -2.23. The molecule has 0 saturated carbocycles. The highest BCUT2D eigenvalue weighted by atomic mass is 35.5. The molecule has 1 aliphatic rings. The minimum atomic E-state index is 0.542. The molecule has 0 spiro atoms. The molecular weight excluding hydrogens is 254 g/mol. The Morgan fingerprint density at radius 1 is 1.26 bits per heavy atom. The number of unbranched alkanes of at least 4 members (excludes halogenated alkanes) is 1. The maximum atomic E-state index is 6.07. The molecule has 0 radical (unpaired) electrons. The van der Waals surface area contributed by atoms with Crippen LogP contribution in [0.5, 0.6) is 0 Å². The monoisotopic (exact) mass is 279 g/mol. The number of aryl methyl sites for hydroxylation is 1. The van der Waals surface area contributed by atoms with Crippen LogP contribution < -0.4 is 5.32 Å². The zero-order chi connectivity index (χ0) is 13.7. The summed E-state index contributed by atoms with van der Waals surface area (Å²) in [4.78, 5) is 0. The number of fused-ring (bicyclic) bond motifs is 1. The van der Waals surface area contributed by atoms with E-state index in [9.17, 15) is 0 Å². The Hall–Kier alpha value is -0.530. The molecule has 2 heteroatoms. The number of hydrogen-bond donors (Lipinski definition) is 1. The molecule has 0 amide bonds. The smallest absolute Gasteiger partial charge is 0.0408 e. The van der Waals surface area contributed by atoms with Crippen molar-refractivity contribution in [2.75, 3.05) is 0 Å². The van der Waals surface area contributed by atoms with Crippen molar-refractivity contribution in [3.8, 4) is 0 Å². The summed E-state index contributed by atoms with van der Waals surface area (Å²) in [5.74, 6) is 0. The average Bonchev–Trinajstić information content (AvgIpc) is 2.78. The van der Waals surface area contributed by atoms with E-state index in [1.807, 2.05) is 6.07 Å². The second-order valence-electron chi connectivity index (χ2n) is 5.73. The third kappa shape index (κ3) is 3.97. The molecule has 2 unspecified atom stereocenters. The topological polar surface area (TPSA) is 12.0 Å². The van der Waals surface area contributed by atoms with E-state index in [0.717, 1.165) is 5.02 Å². The van der Waals surface area contributed by atoms with Gasteiger partial charge in [-0.15, -0.1) is 0 Å². The number of halogens is 1. The zero-order valence-corrected chi connectivity index (χ0v) is 13.0. The van der Waals surface area contributed by atoms with Crippen molar-refractivity contribution in [3.05, 3.63) is 34.3 Å². The van der Waals surface area contributed by atoms with Crippen molar-refractivity contribution in [2.24, 2.45) is 0 Å². The highest BCUT2D eigenvalue weighted by molar-refractivity contribution is 6.30. The number of nitrogens with one attached hydrogen (secondary N) is 1. The third-order valence-electron chi connectivity index (χ3n) is 4.16. The van der Waals surface area contributed by atoms with E-state index in [2.05, 4.69) is 31.3 Å². The minimum Gasteiger partial charge on any atom is -0.307 e. The fraction of sp³-hybridized carbons (Fsp3) is 0.647. The van der Waals surface area contributed by atoms with E-state index in [4.69, 9.17) is 11.6 Å². The number of benzene rings is 1. The molecule has 1 aliphatic carbocycles. The maximum Gasteiger partial charge on any atom is 0.0408 e. The first kappa shape index (κ1) is 14.9. The van der Waals surface area contributed by atoms with Crippen LogP contribution in [-0.2, 0) is 6.42 Å². The van der Waals surface area contributed by atoms with Crippen LogP contribution in [0.2, 0.25) is 5.02 Å². The second-order valence-corrected chi connectivity index (χ2v) is 6.17. The first-order valence-corrected chi connectivity index (χ1v) is 8.16. The zero-order valence-electron chi connectivity index (χ0n) is 12.2. The lowest BCUT2D eigenvalue weighted by molar-refractivity contribution is 0.381. The molecule has 0 aromatic heterocycles. The van der Waals surface area contributed by atoms with Crippen LogP contribution >= 0.6 is 11.6 Å². The molecule has 1 N–H and O–H groups in total. The summed E-state index contributed by atoms with van der Waals surface area (Å²) >= 11 is 6.07. The Bertz CT molecular complexity index is 402. The van der Waals surface area contributed by atoms with Crippen LogP contribution in [0.3, 0.4) is 0 Å². The molecule has 1 aromatic carbocycles. The van der Waals surface area contributed by atoms with E-state index >= 15 is 0 Å². The first-order valence-electron chi connectivity index (χ1n) is 7.79. The molecular formula is C17H26ClN. The molecule has 2 atom stereocenters. The van der Waals surface area contributed by atoms with Crippen molar-refractivity contribution >= 4 is 11.6 Å². The van der Waals surface area contributed by atoms with Crippen molar-refractivity contribution < 1.29 is 0 Å². The standard InChI is InChI=1S/C17H26ClN/c1-3-5-7-15(6-4-2)19-17-11-8-13-12-14(18)9-10-16(13)17/h9-10,12,15,17,19H,3-8,11H2,1-2H3. The molecule has 1 nitrogen and oxygen atoms in total. The van der Waals surface area contributed by atoms with Gasteiger partial charge >= 0.3 is 0 Å². The van der Waals surface area contributed by atoms with E-state index in [1.165, 1.54) is 56.1 Å². The fourth-order valence-corrected chi connectivity index (χ4v) is 3.35. The predicted molar refractivity (Wildman–Crippen MR) is 83.9 cm³/mol. The average molecular weight is 280 g/mol. The van der Waals surface area contributed by atoms with Crippen LogP contribution in [0, 0.1) is 0 Å². The molecule has 19 heavy (non-hydrogen) atoms. The van der Waals surface area contributed by atoms with Gasteiger partial charge in [0.15, 0.2) is 0 Å². The Balaban J connectivity index is 1.99. The molecule has 0 fully saturated rings. The largest absolute Gasteiger partial charge is 0.307 e. The fourth-order valence-electron chi connectivity index (χ4n) is 3.15. The van der Waals surface area contributed by atoms with Gasteiger partial charge in [-0.2, -0.15) is 0 Å². The van der Waals surface area contributed by atoms with Crippen molar-refractivity contribution in [1.29, 1.82) is 0 Å². The van der Waals surface area contributed by atoms with E-state index in [0.29, 0.717) is 12.1 Å². The van der Waals surface area contributed by atoms with Crippen LogP contribution in [0.1, 0.15) is 69.5 Å². The molecule has 2 rings (SSSR count). The summed E-state index contributed by atoms with van der Waals surface area (Å²) < 4.78 is 0. The van der Waals surface area contributed by atoms with E-state index in [1.54, 1.807) is 0 Å². The van der Waals surface area contributed by atoms with Gasteiger partial charge in [0.2, 0.25) is 0 Å². The Morgan fingerprint density at radius 2 is 2.11 bits per heavy atom. The third-order valence-corrected chi connectivity index (χ3v) is 4.40. The SMILES string of the molecule is CCCCC(CCC)NC1CCc2cc(Cl)ccc21. The van der Waals surface area contributed by atoms with Gasteiger partial charge in [-0.05, 0) is 48.9 Å². The summed E-state index contributed by atoms with van der Waals surface area (Å²) in [7, 11) is 0. The van der Waals surface area contributed by atoms with Crippen LogP contribution in [0.4, 0.5) is 0 Å². The lowest BCUT2D eigenvalue weighted by Crippen LogP contribution is -2.31. The molecule has 0 bridgehead atoms. The molecule has 0 heterocycles. The molecule has 0 aliphatic heterocycles. The summed E-state index contributed by atoms with van der Waals surface area (Å²) in [5.41, 5.74) is 2.91. The summed E-state index contributed by atoms with van der Waals surface area (Å²) in [6.45, 7) is 4.55. The van der Waals surface area contributed by atoms with Gasteiger partial charge < -0.3 is 5.32 Å². The van der Waals surface area contributed by atoms with Crippen molar-refractivity contribution in [3.63, 3.8) is 0 Å². The van der Waals surface area contributed by atoms with Gasteiger partial charge in [0, 0.05) is 17.1 Å². The summed E-state index contributed by atoms with van der Waals surface area (Å²) in [6.07, 6.45) is 8.88.